The van der Waals surface area contributed by atoms with Crippen LogP contribution in [-0.4, -0.2) is 5.11 Å². The minimum Gasteiger partial charge on any atom is -0.385 e. The molecule has 1 rings (SSSR count). The lowest BCUT2D eigenvalue weighted by atomic mass is 9.86. The summed E-state index contributed by atoms with van der Waals surface area (Å²) >= 11 is 0. The topological polar surface area (TPSA) is 20.2 Å². The summed E-state index contributed by atoms with van der Waals surface area (Å²) in [6.07, 6.45) is 11.4. The van der Waals surface area contributed by atoms with Gasteiger partial charge in [-0.05, 0) is 38.3 Å². The second kappa shape index (κ2) is 9.25. The number of benzene rings is 1. The molecule has 0 amide bonds. The summed E-state index contributed by atoms with van der Waals surface area (Å²) in [6.45, 7) is 8.41. The fourth-order valence-electron chi connectivity index (χ4n) is 3.05. The maximum absolute atomic E-state index is 10.8. The van der Waals surface area contributed by atoms with E-state index in [1.165, 1.54) is 56.1 Å². The minimum absolute atomic E-state index is 0.682. The standard InChI is InChI=1S/C20H34O/c1-5-6-7-8-9-10-11-12-15-20(4,21)19-16-17(2)13-14-18(19)3/h13-14,16,21H,5-12,15H2,1-4H3. The van der Waals surface area contributed by atoms with Gasteiger partial charge in [0.15, 0.2) is 0 Å². The first kappa shape index (κ1) is 18.2. The van der Waals surface area contributed by atoms with E-state index in [4.69, 9.17) is 0 Å². The molecule has 1 aromatic rings. The van der Waals surface area contributed by atoms with Crippen LogP contribution in [0.15, 0.2) is 18.2 Å². The van der Waals surface area contributed by atoms with Crippen molar-refractivity contribution < 1.29 is 5.11 Å². The molecular formula is C20H34O. The molecule has 0 saturated heterocycles. The number of hydrogen-bond acceptors (Lipinski definition) is 1. The zero-order valence-electron chi connectivity index (χ0n) is 14.5. The van der Waals surface area contributed by atoms with Crippen molar-refractivity contribution in [2.24, 2.45) is 0 Å². The molecule has 0 aromatic heterocycles. The van der Waals surface area contributed by atoms with Crippen molar-refractivity contribution in [3.63, 3.8) is 0 Å². The molecule has 1 unspecified atom stereocenters. The Morgan fingerprint density at radius 3 is 2.10 bits per heavy atom. The highest BCUT2D eigenvalue weighted by Gasteiger charge is 2.24. The van der Waals surface area contributed by atoms with Gasteiger partial charge in [0.1, 0.15) is 0 Å². The molecule has 0 radical (unpaired) electrons. The van der Waals surface area contributed by atoms with Crippen molar-refractivity contribution in [1.29, 1.82) is 0 Å². The molecule has 1 aromatic carbocycles. The molecule has 0 aliphatic rings. The maximum Gasteiger partial charge on any atom is 0.0871 e. The van der Waals surface area contributed by atoms with Gasteiger partial charge in [-0.2, -0.15) is 0 Å². The molecule has 1 heteroatoms. The average Bonchev–Trinajstić information content (AvgIpc) is 2.44. The van der Waals surface area contributed by atoms with Gasteiger partial charge in [0.2, 0.25) is 0 Å². The molecule has 1 atom stereocenters. The summed E-state index contributed by atoms with van der Waals surface area (Å²) in [5, 5.41) is 10.8. The third kappa shape index (κ3) is 6.65. The summed E-state index contributed by atoms with van der Waals surface area (Å²) < 4.78 is 0. The van der Waals surface area contributed by atoms with E-state index in [9.17, 15) is 5.11 Å². The number of rotatable bonds is 10. The smallest absolute Gasteiger partial charge is 0.0871 e. The van der Waals surface area contributed by atoms with Gasteiger partial charge in [-0.25, -0.2) is 0 Å². The largest absolute Gasteiger partial charge is 0.385 e. The monoisotopic (exact) mass is 290 g/mol. The van der Waals surface area contributed by atoms with E-state index < -0.39 is 5.60 Å². The number of unbranched alkanes of at least 4 members (excludes halogenated alkanes) is 7. The first-order valence-electron chi connectivity index (χ1n) is 8.77. The molecule has 0 aliphatic heterocycles. The summed E-state index contributed by atoms with van der Waals surface area (Å²) in [5.74, 6) is 0. The van der Waals surface area contributed by atoms with E-state index in [1.54, 1.807) is 0 Å². The molecule has 21 heavy (non-hydrogen) atoms. The zero-order chi connectivity index (χ0) is 15.7. The van der Waals surface area contributed by atoms with Crippen molar-refractivity contribution in [2.45, 2.75) is 91.1 Å². The van der Waals surface area contributed by atoms with Crippen molar-refractivity contribution >= 4 is 0 Å². The third-order valence-electron chi connectivity index (χ3n) is 4.49. The van der Waals surface area contributed by atoms with E-state index in [0.717, 1.165) is 18.4 Å². The van der Waals surface area contributed by atoms with Gasteiger partial charge >= 0.3 is 0 Å². The molecule has 0 bridgehead atoms. The molecule has 0 fully saturated rings. The molecule has 1 N–H and O–H groups in total. The number of aliphatic hydroxyl groups is 1. The van der Waals surface area contributed by atoms with Crippen LogP contribution in [0.25, 0.3) is 0 Å². The molecular weight excluding hydrogens is 256 g/mol. The molecule has 120 valence electrons. The predicted octanol–water partition coefficient (Wildman–Crippen LogP) is 6.04. The molecule has 0 aliphatic carbocycles. The zero-order valence-corrected chi connectivity index (χ0v) is 14.5. The van der Waals surface area contributed by atoms with E-state index in [2.05, 4.69) is 39.0 Å². The summed E-state index contributed by atoms with van der Waals surface area (Å²) in [6, 6.07) is 6.37. The van der Waals surface area contributed by atoms with Gasteiger partial charge in [-0.1, -0.05) is 82.1 Å². The Morgan fingerprint density at radius 1 is 0.905 bits per heavy atom. The van der Waals surface area contributed by atoms with E-state index in [0.29, 0.717) is 0 Å². The predicted molar refractivity (Wildman–Crippen MR) is 92.7 cm³/mol. The SMILES string of the molecule is CCCCCCCCCCC(C)(O)c1cc(C)ccc1C. The lowest BCUT2D eigenvalue weighted by molar-refractivity contribution is 0.0441. The lowest BCUT2D eigenvalue weighted by Crippen LogP contribution is -2.22. The number of aryl methyl sites for hydroxylation is 2. The Bertz CT molecular complexity index is 406. The first-order chi connectivity index (χ1) is 9.97. The van der Waals surface area contributed by atoms with Gasteiger partial charge in [0.05, 0.1) is 5.60 Å². The van der Waals surface area contributed by atoms with Crippen LogP contribution in [0.2, 0.25) is 0 Å². The quantitative estimate of drug-likeness (QED) is 0.521. The maximum atomic E-state index is 10.8. The van der Waals surface area contributed by atoms with Gasteiger partial charge in [-0.15, -0.1) is 0 Å². The highest BCUT2D eigenvalue weighted by Crippen LogP contribution is 2.30. The Balaban J connectivity index is 2.31. The summed E-state index contributed by atoms with van der Waals surface area (Å²) in [5.41, 5.74) is 2.85. The Hall–Kier alpha value is -0.820. The van der Waals surface area contributed by atoms with Crippen LogP contribution in [0, 0.1) is 13.8 Å². The normalized spacial score (nSPS) is 14.1. The van der Waals surface area contributed by atoms with Crippen molar-refractivity contribution in [3.05, 3.63) is 34.9 Å². The third-order valence-corrected chi connectivity index (χ3v) is 4.49. The van der Waals surface area contributed by atoms with Crippen LogP contribution in [-0.2, 0) is 5.60 Å². The average molecular weight is 290 g/mol. The van der Waals surface area contributed by atoms with Crippen LogP contribution in [0.3, 0.4) is 0 Å². The molecule has 0 saturated carbocycles. The van der Waals surface area contributed by atoms with Gasteiger partial charge < -0.3 is 5.11 Å². The minimum atomic E-state index is -0.682. The Labute approximate surface area is 131 Å². The molecule has 0 heterocycles. The summed E-state index contributed by atoms with van der Waals surface area (Å²) in [4.78, 5) is 0. The Kier molecular flexibility index (Phi) is 8.03. The van der Waals surface area contributed by atoms with E-state index in [-0.39, 0.29) is 0 Å². The van der Waals surface area contributed by atoms with E-state index >= 15 is 0 Å². The van der Waals surface area contributed by atoms with Crippen molar-refractivity contribution in [1.82, 2.24) is 0 Å². The van der Waals surface area contributed by atoms with Crippen LogP contribution in [0.4, 0.5) is 0 Å². The Morgan fingerprint density at radius 2 is 1.48 bits per heavy atom. The van der Waals surface area contributed by atoms with Crippen LogP contribution < -0.4 is 0 Å². The second-order valence-electron chi connectivity index (χ2n) is 6.82. The fraction of sp³-hybridized carbons (Fsp3) is 0.700. The highest BCUT2D eigenvalue weighted by molar-refractivity contribution is 5.34. The summed E-state index contributed by atoms with van der Waals surface area (Å²) in [7, 11) is 0. The van der Waals surface area contributed by atoms with Crippen LogP contribution in [0.5, 0.6) is 0 Å². The highest BCUT2D eigenvalue weighted by atomic mass is 16.3. The van der Waals surface area contributed by atoms with Crippen molar-refractivity contribution in [2.75, 3.05) is 0 Å². The van der Waals surface area contributed by atoms with Gasteiger partial charge in [0, 0.05) is 0 Å². The fourth-order valence-corrected chi connectivity index (χ4v) is 3.05. The first-order valence-corrected chi connectivity index (χ1v) is 8.77. The van der Waals surface area contributed by atoms with Crippen LogP contribution in [0.1, 0.15) is 88.3 Å². The molecule has 1 nitrogen and oxygen atoms in total. The van der Waals surface area contributed by atoms with E-state index in [1.807, 2.05) is 6.92 Å². The van der Waals surface area contributed by atoms with Crippen LogP contribution >= 0.6 is 0 Å². The van der Waals surface area contributed by atoms with Gasteiger partial charge in [0.25, 0.3) is 0 Å². The lowest BCUT2D eigenvalue weighted by Gasteiger charge is -2.26. The van der Waals surface area contributed by atoms with Gasteiger partial charge in [-0.3, -0.25) is 0 Å². The van der Waals surface area contributed by atoms with Crippen molar-refractivity contribution in [3.8, 4) is 0 Å². The second-order valence-corrected chi connectivity index (χ2v) is 6.82. The number of hydrogen-bond donors (Lipinski definition) is 1. The molecule has 0 spiro atoms.